The summed E-state index contributed by atoms with van der Waals surface area (Å²) >= 11 is 0. The fraction of sp³-hybridized carbons (Fsp3) is 0.769. The molecule has 0 aliphatic carbocycles. The van der Waals surface area contributed by atoms with Crippen molar-refractivity contribution in [3.8, 4) is 5.88 Å². The molecule has 0 aliphatic heterocycles. The predicted molar refractivity (Wildman–Crippen MR) is 70.3 cm³/mol. The van der Waals surface area contributed by atoms with E-state index in [1.165, 1.54) is 18.4 Å². The maximum Gasteiger partial charge on any atom is 0.216 e. The summed E-state index contributed by atoms with van der Waals surface area (Å²) in [6.45, 7) is 8.42. The molecule has 0 spiro atoms. The molecule has 0 saturated carbocycles. The molecule has 0 aliphatic rings. The minimum Gasteiger partial charge on any atom is -0.481 e. The number of hydrogen-bond donors (Lipinski definition) is 1. The first-order valence-corrected chi connectivity index (χ1v) is 6.33. The van der Waals surface area contributed by atoms with E-state index in [-0.39, 0.29) is 0 Å². The zero-order valence-corrected chi connectivity index (χ0v) is 11.7. The fourth-order valence-electron chi connectivity index (χ4n) is 1.99. The third kappa shape index (κ3) is 4.04. The highest BCUT2D eigenvalue weighted by Crippen LogP contribution is 2.20. The van der Waals surface area contributed by atoms with Crippen molar-refractivity contribution in [2.45, 2.75) is 40.2 Å². The van der Waals surface area contributed by atoms with E-state index in [1.54, 1.807) is 11.8 Å². The second-order valence-electron chi connectivity index (χ2n) is 4.91. The normalized spacial score (nSPS) is 11.2. The zero-order chi connectivity index (χ0) is 12.8. The molecule has 1 aromatic heterocycles. The fourth-order valence-corrected chi connectivity index (χ4v) is 1.99. The van der Waals surface area contributed by atoms with E-state index >= 15 is 0 Å². The lowest BCUT2D eigenvalue weighted by Crippen LogP contribution is -2.16. The van der Waals surface area contributed by atoms with Crippen molar-refractivity contribution in [1.82, 2.24) is 15.1 Å². The van der Waals surface area contributed by atoms with Crippen LogP contribution < -0.4 is 10.1 Å². The van der Waals surface area contributed by atoms with Crippen LogP contribution in [0.5, 0.6) is 5.88 Å². The average Bonchev–Trinajstić information content (AvgIpc) is 2.52. The van der Waals surface area contributed by atoms with Crippen LogP contribution in [0.25, 0.3) is 0 Å². The summed E-state index contributed by atoms with van der Waals surface area (Å²) < 4.78 is 7.14. The van der Waals surface area contributed by atoms with Crippen molar-refractivity contribution in [3.05, 3.63) is 11.3 Å². The Labute approximate surface area is 104 Å². The van der Waals surface area contributed by atoms with Gasteiger partial charge in [0.2, 0.25) is 5.88 Å². The average molecular weight is 239 g/mol. The summed E-state index contributed by atoms with van der Waals surface area (Å²) in [6.07, 6.45) is 2.50. The Bertz CT molecular complexity index is 345. The molecular weight excluding hydrogens is 214 g/mol. The molecule has 0 amide bonds. The second kappa shape index (κ2) is 6.64. The molecular formula is C13H25N3O. The number of aryl methyl sites for hydroxylation is 2. The first-order chi connectivity index (χ1) is 8.06. The molecule has 1 N–H and O–H groups in total. The molecule has 0 atom stereocenters. The Morgan fingerprint density at radius 3 is 2.71 bits per heavy atom. The third-order valence-electron chi connectivity index (χ3n) is 2.92. The maximum atomic E-state index is 5.35. The van der Waals surface area contributed by atoms with E-state index in [0.717, 1.165) is 30.6 Å². The van der Waals surface area contributed by atoms with Gasteiger partial charge in [-0.1, -0.05) is 13.8 Å². The predicted octanol–water partition coefficient (Wildman–Crippen LogP) is 2.26. The van der Waals surface area contributed by atoms with Gasteiger partial charge in [0.1, 0.15) is 0 Å². The largest absolute Gasteiger partial charge is 0.481 e. The van der Waals surface area contributed by atoms with E-state index in [1.807, 2.05) is 14.0 Å². The van der Waals surface area contributed by atoms with Gasteiger partial charge in [-0.15, -0.1) is 0 Å². The van der Waals surface area contributed by atoms with Gasteiger partial charge in [0.15, 0.2) is 0 Å². The maximum absolute atomic E-state index is 5.35. The van der Waals surface area contributed by atoms with Crippen LogP contribution in [-0.4, -0.2) is 23.4 Å². The van der Waals surface area contributed by atoms with Gasteiger partial charge < -0.3 is 10.1 Å². The highest BCUT2D eigenvalue weighted by Gasteiger charge is 2.12. The van der Waals surface area contributed by atoms with Crippen molar-refractivity contribution in [2.24, 2.45) is 13.0 Å². The van der Waals surface area contributed by atoms with Crippen LogP contribution in [-0.2, 0) is 13.6 Å². The summed E-state index contributed by atoms with van der Waals surface area (Å²) in [5, 5.41) is 7.81. The number of methoxy groups -OCH3 is 1. The molecule has 4 heteroatoms. The molecule has 0 fully saturated rings. The third-order valence-corrected chi connectivity index (χ3v) is 2.92. The Balaban J connectivity index is 2.41. The summed E-state index contributed by atoms with van der Waals surface area (Å²) in [5.41, 5.74) is 2.21. The lowest BCUT2D eigenvalue weighted by atomic mass is 10.1. The molecule has 1 aromatic rings. The Kier molecular flexibility index (Phi) is 5.48. The molecule has 98 valence electrons. The number of nitrogens with one attached hydrogen (secondary N) is 1. The number of rotatable bonds is 7. The Morgan fingerprint density at radius 1 is 1.41 bits per heavy atom. The second-order valence-corrected chi connectivity index (χ2v) is 4.91. The SMILES string of the molecule is COc1c(CNCCCC(C)C)c(C)nn1C. The Morgan fingerprint density at radius 2 is 2.12 bits per heavy atom. The molecule has 1 rings (SSSR count). The van der Waals surface area contributed by atoms with Crippen molar-refractivity contribution in [1.29, 1.82) is 0 Å². The number of ether oxygens (including phenoxy) is 1. The van der Waals surface area contributed by atoms with E-state index in [9.17, 15) is 0 Å². The highest BCUT2D eigenvalue weighted by molar-refractivity contribution is 5.30. The molecule has 0 bridgehead atoms. The van der Waals surface area contributed by atoms with Crippen LogP contribution in [0.1, 0.15) is 37.9 Å². The molecule has 0 radical (unpaired) electrons. The van der Waals surface area contributed by atoms with Crippen molar-refractivity contribution < 1.29 is 4.74 Å². The molecule has 0 saturated heterocycles. The minimum atomic E-state index is 0.784. The first kappa shape index (κ1) is 14.0. The molecule has 0 unspecified atom stereocenters. The smallest absolute Gasteiger partial charge is 0.216 e. The van der Waals surface area contributed by atoms with Gasteiger partial charge in [-0.2, -0.15) is 5.10 Å². The van der Waals surface area contributed by atoms with Gasteiger partial charge in [-0.25, -0.2) is 4.68 Å². The van der Waals surface area contributed by atoms with Crippen molar-refractivity contribution in [2.75, 3.05) is 13.7 Å². The quantitative estimate of drug-likeness (QED) is 0.742. The van der Waals surface area contributed by atoms with Crippen LogP contribution in [0.2, 0.25) is 0 Å². The van der Waals surface area contributed by atoms with Crippen LogP contribution in [0, 0.1) is 12.8 Å². The topological polar surface area (TPSA) is 39.1 Å². The summed E-state index contributed by atoms with van der Waals surface area (Å²) in [6, 6.07) is 0. The van der Waals surface area contributed by atoms with Gasteiger partial charge in [0.05, 0.1) is 18.4 Å². The monoisotopic (exact) mass is 239 g/mol. The van der Waals surface area contributed by atoms with Crippen molar-refractivity contribution in [3.63, 3.8) is 0 Å². The number of nitrogens with zero attached hydrogens (tertiary/aromatic N) is 2. The van der Waals surface area contributed by atoms with Crippen molar-refractivity contribution >= 4 is 0 Å². The molecule has 1 heterocycles. The molecule has 0 aromatic carbocycles. The summed E-state index contributed by atoms with van der Waals surface area (Å²) in [7, 11) is 3.60. The van der Waals surface area contributed by atoms with Gasteiger partial charge in [-0.05, 0) is 32.2 Å². The molecule has 4 nitrogen and oxygen atoms in total. The van der Waals surface area contributed by atoms with E-state index in [4.69, 9.17) is 4.74 Å². The zero-order valence-electron chi connectivity index (χ0n) is 11.7. The van der Waals surface area contributed by atoms with E-state index in [0.29, 0.717) is 0 Å². The van der Waals surface area contributed by atoms with Gasteiger partial charge in [-0.3, -0.25) is 0 Å². The first-order valence-electron chi connectivity index (χ1n) is 6.33. The van der Waals surface area contributed by atoms with Crippen LogP contribution in [0.15, 0.2) is 0 Å². The Hall–Kier alpha value is -1.03. The number of hydrogen-bond acceptors (Lipinski definition) is 3. The van der Waals surface area contributed by atoms with Crippen LogP contribution in [0.3, 0.4) is 0 Å². The number of aromatic nitrogens is 2. The van der Waals surface area contributed by atoms with Gasteiger partial charge in [0.25, 0.3) is 0 Å². The minimum absolute atomic E-state index is 0.784. The summed E-state index contributed by atoms with van der Waals surface area (Å²) in [4.78, 5) is 0. The lowest BCUT2D eigenvalue weighted by molar-refractivity contribution is 0.367. The summed E-state index contributed by atoms with van der Waals surface area (Å²) in [5.74, 6) is 1.64. The van der Waals surface area contributed by atoms with E-state index in [2.05, 4.69) is 24.3 Å². The highest BCUT2D eigenvalue weighted by atomic mass is 16.5. The lowest BCUT2D eigenvalue weighted by Gasteiger charge is -2.08. The molecule has 17 heavy (non-hydrogen) atoms. The standard InChI is InChI=1S/C13H25N3O/c1-10(2)7-6-8-14-9-12-11(3)15-16(4)13(12)17-5/h10,14H,6-9H2,1-5H3. The van der Waals surface area contributed by atoms with Gasteiger partial charge >= 0.3 is 0 Å². The van der Waals surface area contributed by atoms with Crippen LogP contribution in [0.4, 0.5) is 0 Å². The van der Waals surface area contributed by atoms with E-state index < -0.39 is 0 Å². The van der Waals surface area contributed by atoms with Crippen LogP contribution >= 0.6 is 0 Å². The van der Waals surface area contributed by atoms with Gasteiger partial charge in [0, 0.05) is 13.6 Å².